The fourth-order valence-corrected chi connectivity index (χ4v) is 3.97. The SMILES string of the molecule is O=C1CC2(CCN(C3COC3)CC2)Oc2ccc(I)cc21. The number of piperidine rings is 1. The molecule has 1 aromatic rings. The molecule has 4 nitrogen and oxygen atoms in total. The summed E-state index contributed by atoms with van der Waals surface area (Å²) in [6.45, 7) is 3.71. The van der Waals surface area contributed by atoms with Crippen molar-refractivity contribution in [3.63, 3.8) is 0 Å². The number of carbonyl (C=O) groups excluding carboxylic acids is 1. The number of ketones is 1. The number of benzene rings is 1. The van der Waals surface area contributed by atoms with Gasteiger partial charge in [-0.15, -0.1) is 0 Å². The predicted octanol–water partition coefficient (Wildman–Crippen LogP) is 2.49. The van der Waals surface area contributed by atoms with Crippen molar-refractivity contribution in [1.82, 2.24) is 4.90 Å². The first kappa shape index (κ1) is 14.0. The van der Waals surface area contributed by atoms with Gasteiger partial charge < -0.3 is 9.47 Å². The summed E-state index contributed by atoms with van der Waals surface area (Å²) in [5.74, 6) is 1.00. The molecule has 112 valence electrons. The van der Waals surface area contributed by atoms with E-state index in [1.165, 1.54) is 0 Å². The smallest absolute Gasteiger partial charge is 0.170 e. The van der Waals surface area contributed by atoms with Crippen LogP contribution in [0.3, 0.4) is 0 Å². The topological polar surface area (TPSA) is 38.8 Å². The van der Waals surface area contributed by atoms with E-state index in [-0.39, 0.29) is 11.4 Å². The van der Waals surface area contributed by atoms with Gasteiger partial charge in [0.2, 0.25) is 0 Å². The van der Waals surface area contributed by atoms with Crippen LogP contribution in [0.2, 0.25) is 0 Å². The number of ether oxygens (including phenoxy) is 2. The van der Waals surface area contributed by atoms with Gasteiger partial charge in [0.15, 0.2) is 5.78 Å². The average Bonchev–Trinajstić information content (AvgIpc) is 2.41. The van der Waals surface area contributed by atoms with Crippen LogP contribution in [0.15, 0.2) is 18.2 Å². The quantitative estimate of drug-likeness (QED) is 0.681. The van der Waals surface area contributed by atoms with Gasteiger partial charge in [-0.2, -0.15) is 0 Å². The Morgan fingerprint density at radius 2 is 2.00 bits per heavy atom. The van der Waals surface area contributed by atoms with Crippen LogP contribution in [0.1, 0.15) is 29.6 Å². The van der Waals surface area contributed by atoms with Gasteiger partial charge in [0, 0.05) is 29.5 Å². The first-order chi connectivity index (χ1) is 10.2. The van der Waals surface area contributed by atoms with Gasteiger partial charge in [-0.25, -0.2) is 0 Å². The molecular formula is C16H18INO3. The maximum absolute atomic E-state index is 12.5. The molecule has 0 amide bonds. The van der Waals surface area contributed by atoms with Crippen molar-refractivity contribution in [2.45, 2.75) is 30.9 Å². The second kappa shape index (κ2) is 5.21. The van der Waals surface area contributed by atoms with E-state index in [2.05, 4.69) is 27.5 Å². The lowest BCUT2D eigenvalue weighted by Crippen LogP contribution is -2.57. The Morgan fingerprint density at radius 1 is 1.24 bits per heavy atom. The van der Waals surface area contributed by atoms with Gasteiger partial charge in [-0.3, -0.25) is 9.69 Å². The van der Waals surface area contributed by atoms with Crippen molar-refractivity contribution in [3.05, 3.63) is 27.3 Å². The maximum Gasteiger partial charge on any atom is 0.170 e. The van der Waals surface area contributed by atoms with Crippen LogP contribution in [-0.2, 0) is 4.74 Å². The van der Waals surface area contributed by atoms with E-state index in [9.17, 15) is 4.79 Å². The molecule has 1 aromatic carbocycles. The zero-order valence-electron chi connectivity index (χ0n) is 11.8. The Balaban J connectivity index is 1.52. The second-order valence-corrected chi connectivity index (χ2v) is 7.50. The molecule has 4 rings (SSSR count). The number of fused-ring (bicyclic) bond motifs is 1. The van der Waals surface area contributed by atoms with Gasteiger partial charge >= 0.3 is 0 Å². The molecule has 1 spiro atoms. The van der Waals surface area contributed by atoms with Crippen LogP contribution < -0.4 is 4.74 Å². The minimum Gasteiger partial charge on any atom is -0.486 e. The number of halogens is 1. The monoisotopic (exact) mass is 399 g/mol. The molecule has 0 aliphatic carbocycles. The largest absolute Gasteiger partial charge is 0.486 e. The molecule has 0 radical (unpaired) electrons. The third kappa shape index (κ3) is 2.49. The van der Waals surface area contributed by atoms with Crippen molar-refractivity contribution >= 4 is 28.4 Å². The Kier molecular flexibility index (Phi) is 3.46. The average molecular weight is 399 g/mol. The number of likely N-dealkylation sites (tertiary alicyclic amines) is 1. The van der Waals surface area contributed by atoms with Crippen molar-refractivity contribution in [2.24, 2.45) is 0 Å². The van der Waals surface area contributed by atoms with Crippen molar-refractivity contribution in [1.29, 1.82) is 0 Å². The number of hydrogen-bond donors (Lipinski definition) is 0. The van der Waals surface area contributed by atoms with Gasteiger partial charge in [-0.1, -0.05) is 0 Å². The molecule has 3 heterocycles. The number of hydrogen-bond acceptors (Lipinski definition) is 4. The fourth-order valence-electron chi connectivity index (χ4n) is 3.48. The number of Topliss-reactive ketones (excluding diaryl/α,β-unsaturated/α-hetero) is 1. The zero-order chi connectivity index (χ0) is 14.4. The molecule has 2 saturated heterocycles. The molecule has 0 atom stereocenters. The van der Waals surface area contributed by atoms with E-state index in [4.69, 9.17) is 9.47 Å². The van der Waals surface area contributed by atoms with Crippen molar-refractivity contribution < 1.29 is 14.3 Å². The molecule has 0 aromatic heterocycles. The highest BCUT2D eigenvalue weighted by Gasteiger charge is 2.44. The lowest BCUT2D eigenvalue weighted by Gasteiger charge is -2.47. The summed E-state index contributed by atoms with van der Waals surface area (Å²) < 4.78 is 12.6. The van der Waals surface area contributed by atoms with Crippen molar-refractivity contribution in [2.75, 3.05) is 26.3 Å². The van der Waals surface area contributed by atoms with Crippen LogP contribution in [-0.4, -0.2) is 48.6 Å². The van der Waals surface area contributed by atoms with E-state index < -0.39 is 0 Å². The van der Waals surface area contributed by atoms with E-state index in [1.54, 1.807) is 0 Å². The van der Waals surface area contributed by atoms with Crippen LogP contribution >= 0.6 is 22.6 Å². The number of rotatable bonds is 1. The van der Waals surface area contributed by atoms with E-state index in [0.717, 1.165) is 54.0 Å². The highest BCUT2D eigenvalue weighted by atomic mass is 127. The second-order valence-electron chi connectivity index (χ2n) is 6.25. The Hall–Kier alpha value is -0.660. The Morgan fingerprint density at radius 3 is 2.67 bits per heavy atom. The molecule has 21 heavy (non-hydrogen) atoms. The fraction of sp³-hybridized carbons (Fsp3) is 0.562. The highest BCUT2D eigenvalue weighted by Crippen LogP contribution is 2.40. The summed E-state index contributed by atoms with van der Waals surface area (Å²) in [5.41, 5.74) is 0.472. The normalized spacial score (nSPS) is 25.3. The molecule has 2 fully saturated rings. The first-order valence-corrected chi connectivity index (χ1v) is 8.57. The van der Waals surface area contributed by atoms with Gasteiger partial charge in [0.1, 0.15) is 11.4 Å². The summed E-state index contributed by atoms with van der Waals surface area (Å²) in [4.78, 5) is 15.0. The third-order valence-corrected chi connectivity index (χ3v) is 5.57. The van der Waals surface area contributed by atoms with Gasteiger partial charge in [-0.05, 0) is 40.8 Å². The molecular weight excluding hydrogens is 381 g/mol. The Bertz CT molecular complexity index is 577. The van der Waals surface area contributed by atoms with Gasteiger partial charge in [0.05, 0.1) is 31.2 Å². The summed E-state index contributed by atoms with van der Waals surface area (Å²) in [6, 6.07) is 6.47. The maximum atomic E-state index is 12.5. The predicted molar refractivity (Wildman–Crippen MR) is 86.9 cm³/mol. The minimum atomic E-state index is -0.280. The summed E-state index contributed by atoms with van der Waals surface area (Å²) >= 11 is 2.24. The molecule has 3 aliphatic heterocycles. The van der Waals surface area contributed by atoms with Crippen LogP contribution in [0.25, 0.3) is 0 Å². The van der Waals surface area contributed by atoms with Gasteiger partial charge in [0.25, 0.3) is 0 Å². The number of nitrogens with zero attached hydrogens (tertiary/aromatic N) is 1. The zero-order valence-corrected chi connectivity index (χ0v) is 14.0. The van der Waals surface area contributed by atoms with E-state index in [1.807, 2.05) is 18.2 Å². The first-order valence-electron chi connectivity index (χ1n) is 7.49. The van der Waals surface area contributed by atoms with E-state index >= 15 is 0 Å². The summed E-state index contributed by atoms with van der Waals surface area (Å²) in [5, 5.41) is 0. The summed E-state index contributed by atoms with van der Waals surface area (Å²) in [7, 11) is 0. The van der Waals surface area contributed by atoms with E-state index in [0.29, 0.717) is 12.5 Å². The lowest BCUT2D eigenvalue weighted by atomic mass is 9.82. The molecule has 0 unspecified atom stereocenters. The van der Waals surface area contributed by atoms with Crippen molar-refractivity contribution in [3.8, 4) is 5.75 Å². The molecule has 0 bridgehead atoms. The minimum absolute atomic E-state index is 0.232. The molecule has 0 saturated carbocycles. The molecule has 0 N–H and O–H groups in total. The highest BCUT2D eigenvalue weighted by molar-refractivity contribution is 14.1. The van der Waals surface area contributed by atoms with Crippen LogP contribution in [0, 0.1) is 3.57 Å². The van der Waals surface area contributed by atoms with Crippen LogP contribution in [0.4, 0.5) is 0 Å². The molecule has 3 aliphatic rings. The Labute approximate surface area is 137 Å². The lowest BCUT2D eigenvalue weighted by molar-refractivity contribution is -0.0939. The standard InChI is InChI=1S/C16H18INO3/c17-11-1-2-15-13(7-11)14(19)8-16(21-15)3-5-18(6-4-16)12-9-20-10-12/h1-2,7,12H,3-6,8-10H2. The van der Waals surface area contributed by atoms with Crippen LogP contribution in [0.5, 0.6) is 5.75 Å². The summed E-state index contributed by atoms with van der Waals surface area (Å²) in [6.07, 6.45) is 2.39. The molecule has 5 heteroatoms. The third-order valence-electron chi connectivity index (χ3n) is 4.90. The number of carbonyl (C=O) groups is 1.